The lowest BCUT2D eigenvalue weighted by molar-refractivity contribution is -0.388. The molecule has 0 aliphatic rings. The molecule has 0 amide bonds. The first kappa shape index (κ1) is 9.66. The third kappa shape index (κ3) is 1.67. The van der Waals surface area contributed by atoms with Gasteiger partial charge in [0.25, 0.3) is 0 Å². The second-order valence-corrected chi connectivity index (χ2v) is 2.50. The largest absolute Gasteiger partial charge is 0.388 e. The maximum Gasteiger partial charge on any atom is 0.388 e. The fourth-order valence-electron chi connectivity index (χ4n) is 0.817. The summed E-state index contributed by atoms with van der Waals surface area (Å²) in [4.78, 5) is 12.9. The summed E-state index contributed by atoms with van der Waals surface area (Å²) < 4.78 is 12.8. The molecule has 5 nitrogen and oxygen atoms in total. The molecule has 70 valence electrons. The second kappa shape index (κ2) is 3.53. The number of aromatic nitrogens is 1. The van der Waals surface area contributed by atoms with Gasteiger partial charge < -0.3 is 15.4 Å². The van der Waals surface area contributed by atoms with E-state index in [1.54, 1.807) is 0 Å². The number of nitro groups is 1. The van der Waals surface area contributed by atoms with Crippen LogP contribution < -0.4 is 5.32 Å². The van der Waals surface area contributed by atoms with Gasteiger partial charge in [0, 0.05) is 7.05 Å². The zero-order valence-electron chi connectivity index (χ0n) is 6.54. The Morgan fingerprint density at radius 1 is 1.77 bits per heavy atom. The van der Waals surface area contributed by atoms with E-state index in [-0.39, 0.29) is 10.7 Å². The normalized spacial score (nSPS) is 9.77. The number of hydrogen-bond donors (Lipinski definition) is 1. The van der Waals surface area contributed by atoms with Crippen LogP contribution in [-0.4, -0.2) is 17.0 Å². The topological polar surface area (TPSA) is 68.1 Å². The highest BCUT2D eigenvalue weighted by atomic mass is 35.5. The minimum absolute atomic E-state index is 0.119. The van der Waals surface area contributed by atoms with Gasteiger partial charge in [-0.3, -0.25) is 0 Å². The molecule has 0 saturated heterocycles. The van der Waals surface area contributed by atoms with Crippen molar-refractivity contribution in [1.29, 1.82) is 0 Å². The number of hydrogen-bond acceptors (Lipinski definition) is 4. The van der Waals surface area contributed by atoms with Crippen LogP contribution in [-0.2, 0) is 0 Å². The van der Waals surface area contributed by atoms with E-state index in [9.17, 15) is 14.5 Å². The van der Waals surface area contributed by atoms with Crippen LogP contribution in [0, 0.1) is 15.9 Å². The molecule has 7 heteroatoms. The smallest absolute Gasteiger partial charge is 0.380 e. The average molecular weight is 206 g/mol. The first-order chi connectivity index (χ1) is 6.07. The zero-order chi connectivity index (χ0) is 10.0. The van der Waals surface area contributed by atoms with Crippen LogP contribution in [0.3, 0.4) is 0 Å². The number of pyridine rings is 1. The minimum atomic E-state index is -0.795. The fraction of sp³-hybridized carbons (Fsp3) is 0.167. The van der Waals surface area contributed by atoms with E-state index in [2.05, 4.69) is 10.3 Å². The lowest BCUT2D eigenvalue weighted by Gasteiger charge is -2.02. The number of nitrogens with one attached hydrogen (secondary N) is 1. The van der Waals surface area contributed by atoms with Gasteiger partial charge in [0.1, 0.15) is 5.02 Å². The predicted molar refractivity (Wildman–Crippen MR) is 45.4 cm³/mol. The molecule has 0 fully saturated rings. The summed E-state index contributed by atoms with van der Waals surface area (Å²) >= 11 is 5.46. The van der Waals surface area contributed by atoms with E-state index >= 15 is 0 Å². The van der Waals surface area contributed by atoms with E-state index in [4.69, 9.17) is 11.6 Å². The molecule has 1 heterocycles. The van der Waals surface area contributed by atoms with E-state index < -0.39 is 16.6 Å². The van der Waals surface area contributed by atoms with Crippen molar-refractivity contribution < 1.29 is 9.31 Å². The fourth-order valence-corrected chi connectivity index (χ4v) is 1.04. The Balaban J connectivity index is 3.38. The molecular weight excluding hydrogens is 201 g/mol. The molecular formula is C6H5ClFN3O2. The summed E-state index contributed by atoms with van der Waals surface area (Å²) in [5, 5.41) is 12.4. The third-order valence-corrected chi connectivity index (χ3v) is 1.75. The van der Waals surface area contributed by atoms with Crippen LogP contribution in [0.1, 0.15) is 0 Å². The molecule has 0 aliphatic carbocycles. The summed E-state index contributed by atoms with van der Waals surface area (Å²) in [6.07, 6.45) is 0.710. The molecule has 0 bridgehead atoms. The minimum Gasteiger partial charge on any atom is -0.380 e. The van der Waals surface area contributed by atoms with Crippen molar-refractivity contribution in [3.8, 4) is 0 Å². The van der Waals surface area contributed by atoms with Crippen molar-refractivity contribution >= 4 is 23.1 Å². The van der Waals surface area contributed by atoms with Crippen molar-refractivity contribution in [2.45, 2.75) is 0 Å². The molecule has 0 unspecified atom stereocenters. The first-order valence-corrected chi connectivity index (χ1v) is 3.62. The molecule has 0 aliphatic heterocycles. The van der Waals surface area contributed by atoms with Gasteiger partial charge in [-0.2, -0.15) is 0 Å². The van der Waals surface area contributed by atoms with Gasteiger partial charge in [-0.25, -0.2) is 4.39 Å². The number of halogens is 2. The van der Waals surface area contributed by atoms with E-state index in [1.165, 1.54) is 7.05 Å². The van der Waals surface area contributed by atoms with E-state index in [1.807, 2.05) is 0 Å². The Kier molecular flexibility index (Phi) is 2.62. The standard InChI is InChI=1S/C6H5ClFN3O2/c1-9-5-4(7)3(8)2-10-6(5)11(12)13/h2,9H,1H3. The van der Waals surface area contributed by atoms with Crippen LogP contribution in [0.4, 0.5) is 15.9 Å². The summed E-state index contributed by atoms with van der Waals surface area (Å²) in [7, 11) is 1.40. The van der Waals surface area contributed by atoms with Gasteiger partial charge in [-0.15, -0.1) is 0 Å². The van der Waals surface area contributed by atoms with Crippen LogP contribution in [0.25, 0.3) is 0 Å². The Hall–Kier alpha value is -1.43. The van der Waals surface area contributed by atoms with Crippen LogP contribution in [0.5, 0.6) is 0 Å². The summed E-state index contributed by atoms with van der Waals surface area (Å²) in [6.45, 7) is 0. The van der Waals surface area contributed by atoms with Crippen LogP contribution >= 0.6 is 11.6 Å². The number of rotatable bonds is 2. The Labute approximate surface area is 77.7 Å². The summed E-state index contributed by atoms with van der Waals surface area (Å²) in [6, 6.07) is 0. The van der Waals surface area contributed by atoms with E-state index in [0.717, 1.165) is 0 Å². The summed E-state index contributed by atoms with van der Waals surface area (Å²) in [5.41, 5.74) is -0.119. The monoisotopic (exact) mass is 205 g/mol. The van der Waals surface area contributed by atoms with E-state index in [0.29, 0.717) is 6.20 Å². The lowest BCUT2D eigenvalue weighted by atomic mass is 10.4. The van der Waals surface area contributed by atoms with Crippen molar-refractivity contribution in [2.24, 2.45) is 0 Å². The molecule has 1 aromatic heterocycles. The van der Waals surface area contributed by atoms with Gasteiger partial charge in [0.05, 0.1) is 0 Å². The van der Waals surface area contributed by atoms with Crippen molar-refractivity contribution in [2.75, 3.05) is 12.4 Å². The molecule has 0 radical (unpaired) electrons. The van der Waals surface area contributed by atoms with Crippen LogP contribution in [0.15, 0.2) is 6.20 Å². The van der Waals surface area contributed by atoms with Crippen molar-refractivity contribution in [3.05, 3.63) is 27.2 Å². The quantitative estimate of drug-likeness (QED) is 0.591. The average Bonchev–Trinajstić information content (AvgIpc) is 2.09. The van der Waals surface area contributed by atoms with Crippen molar-refractivity contribution in [3.63, 3.8) is 0 Å². The van der Waals surface area contributed by atoms with Crippen LogP contribution in [0.2, 0.25) is 5.02 Å². The Morgan fingerprint density at radius 2 is 2.38 bits per heavy atom. The SMILES string of the molecule is CNc1c([N+](=O)[O-])ncc(F)c1Cl. The Bertz CT molecular complexity index is 358. The van der Waals surface area contributed by atoms with Crippen molar-refractivity contribution in [1.82, 2.24) is 4.98 Å². The molecule has 1 N–H and O–H groups in total. The van der Waals surface area contributed by atoms with Gasteiger partial charge in [0.2, 0.25) is 0 Å². The highest BCUT2D eigenvalue weighted by Crippen LogP contribution is 2.31. The highest BCUT2D eigenvalue weighted by molar-refractivity contribution is 6.33. The Morgan fingerprint density at radius 3 is 2.85 bits per heavy atom. The first-order valence-electron chi connectivity index (χ1n) is 3.24. The molecule has 13 heavy (non-hydrogen) atoms. The van der Waals surface area contributed by atoms with Gasteiger partial charge in [0.15, 0.2) is 17.7 Å². The maximum atomic E-state index is 12.8. The number of anilines is 1. The highest BCUT2D eigenvalue weighted by Gasteiger charge is 2.20. The molecule has 0 aromatic carbocycles. The maximum absolute atomic E-state index is 12.8. The molecule has 0 atom stereocenters. The third-order valence-electron chi connectivity index (χ3n) is 1.38. The van der Waals surface area contributed by atoms with Gasteiger partial charge in [-0.05, 0) is 9.91 Å². The second-order valence-electron chi connectivity index (χ2n) is 2.13. The molecule has 0 saturated carbocycles. The molecule has 1 rings (SSSR count). The van der Waals surface area contributed by atoms with Gasteiger partial charge >= 0.3 is 5.82 Å². The predicted octanol–water partition coefficient (Wildman–Crippen LogP) is 1.82. The lowest BCUT2D eigenvalue weighted by Crippen LogP contribution is -2.01. The zero-order valence-corrected chi connectivity index (χ0v) is 7.30. The number of nitrogens with zero attached hydrogens (tertiary/aromatic N) is 2. The summed E-state index contributed by atoms with van der Waals surface area (Å²) in [5.74, 6) is -1.29. The molecule has 0 spiro atoms. The van der Waals surface area contributed by atoms with Gasteiger partial charge in [-0.1, -0.05) is 11.6 Å². The molecule has 1 aromatic rings.